The normalized spacial score (nSPS) is 12.7. The second kappa shape index (κ2) is 10.2. The van der Waals surface area contributed by atoms with Crippen LogP contribution in [0.2, 0.25) is 0 Å². The molecule has 0 amide bonds. The molecule has 0 aliphatic heterocycles. The van der Waals surface area contributed by atoms with Gasteiger partial charge in [-0.2, -0.15) is 23.4 Å². The zero-order chi connectivity index (χ0) is 22.3. The number of hydrogen-bond acceptors (Lipinski definition) is 5. The lowest BCUT2D eigenvalue weighted by Gasteiger charge is -2.30. The van der Waals surface area contributed by atoms with E-state index in [2.05, 4.69) is 21.7 Å². The van der Waals surface area contributed by atoms with Crippen LogP contribution in [0.4, 0.5) is 30.2 Å². The number of nitrogens with zero attached hydrogens (tertiary/aromatic N) is 3. The Labute approximate surface area is 173 Å². The number of ether oxygens (including phenoxy) is 1. The predicted octanol–water partition coefficient (Wildman–Crippen LogP) is 6.61. The average Bonchev–Trinajstić information content (AvgIpc) is 2.71. The summed E-state index contributed by atoms with van der Waals surface area (Å²) in [4.78, 5) is 13.3. The number of carbonyl (C=O) groups excluding carboxylic acids is 1. The van der Waals surface area contributed by atoms with Crippen LogP contribution in [0.15, 0.2) is 70.9 Å². The van der Waals surface area contributed by atoms with Crippen molar-refractivity contribution in [2.45, 2.75) is 33.2 Å². The molecule has 0 aliphatic rings. The number of benzene rings is 2. The largest absolute Gasteiger partial charge is 0.454 e. The maximum Gasteiger partial charge on any atom is 0.454 e. The van der Waals surface area contributed by atoms with Gasteiger partial charge in [0.15, 0.2) is 0 Å². The van der Waals surface area contributed by atoms with Crippen molar-refractivity contribution in [2.75, 3.05) is 18.1 Å². The van der Waals surface area contributed by atoms with Gasteiger partial charge in [0.1, 0.15) is 6.23 Å². The summed E-state index contributed by atoms with van der Waals surface area (Å²) in [6.45, 7) is 11.0. The molecule has 0 spiro atoms. The number of halogens is 3. The minimum atomic E-state index is -4.90. The van der Waals surface area contributed by atoms with Gasteiger partial charge in [0.05, 0.1) is 18.0 Å². The summed E-state index contributed by atoms with van der Waals surface area (Å²) >= 11 is 0. The number of azo groups is 1. The summed E-state index contributed by atoms with van der Waals surface area (Å²) in [6, 6.07) is 12.2. The smallest absolute Gasteiger partial charge is 0.354 e. The monoisotopic (exact) mass is 419 g/mol. The molecule has 0 heterocycles. The molecule has 5 nitrogen and oxygen atoms in total. The first-order valence-corrected chi connectivity index (χ1v) is 9.37. The first-order chi connectivity index (χ1) is 14.1. The van der Waals surface area contributed by atoms with Crippen LogP contribution in [0.3, 0.4) is 0 Å². The first kappa shape index (κ1) is 23.3. The summed E-state index contributed by atoms with van der Waals surface area (Å²) in [5.74, 6) is -1.89. The van der Waals surface area contributed by atoms with E-state index in [1.54, 1.807) is 12.1 Å². The number of Topliss-reactive ketones (excluding diaryl/α,β-unsaturated/α-hetero) is 1. The van der Waals surface area contributed by atoms with Gasteiger partial charge in [-0.3, -0.25) is 4.79 Å². The van der Waals surface area contributed by atoms with Crippen molar-refractivity contribution in [2.24, 2.45) is 10.2 Å². The van der Waals surface area contributed by atoms with Gasteiger partial charge in [0, 0.05) is 17.8 Å². The van der Waals surface area contributed by atoms with Crippen molar-refractivity contribution in [1.29, 1.82) is 0 Å². The average molecular weight is 419 g/mol. The highest BCUT2D eigenvalue weighted by atomic mass is 19.4. The number of carbonyl (C=O) groups is 1. The van der Waals surface area contributed by atoms with Crippen LogP contribution in [-0.4, -0.2) is 31.3 Å². The molecule has 0 bridgehead atoms. The van der Waals surface area contributed by atoms with E-state index in [0.29, 0.717) is 18.0 Å². The minimum absolute atomic E-state index is 0.128. The standard InChI is InChI=1S/C22H24F3N3O2/c1-5-28(16(4)30-14-15(2)3)20-12-10-19(11-13-20)27-26-18-8-6-17(7-9-18)21(29)22(23,24)25/h6-13,16H,2,5,14H2,1,3-4H3. The maximum absolute atomic E-state index is 12.4. The zero-order valence-electron chi connectivity index (χ0n) is 17.1. The molecular weight excluding hydrogens is 395 g/mol. The molecule has 0 N–H and O–H groups in total. The number of alkyl halides is 3. The Bertz CT molecular complexity index is 891. The van der Waals surface area contributed by atoms with Crippen LogP contribution in [0.5, 0.6) is 0 Å². The zero-order valence-corrected chi connectivity index (χ0v) is 17.1. The number of anilines is 1. The van der Waals surface area contributed by atoms with Gasteiger partial charge in [0.2, 0.25) is 0 Å². The molecule has 0 aliphatic carbocycles. The Hall–Kier alpha value is -3.00. The van der Waals surface area contributed by atoms with Crippen molar-refractivity contribution >= 4 is 22.8 Å². The summed E-state index contributed by atoms with van der Waals surface area (Å²) in [5.41, 5.74) is 2.40. The van der Waals surface area contributed by atoms with Gasteiger partial charge in [-0.15, -0.1) is 0 Å². The third-order valence-corrected chi connectivity index (χ3v) is 4.20. The van der Waals surface area contributed by atoms with Gasteiger partial charge >= 0.3 is 6.18 Å². The Morgan fingerprint density at radius 1 is 1.07 bits per heavy atom. The van der Waals surface area contributed by atoms with Crippen LogP contribution in [-0.2, 0) is 4.74 Å². The van der Waals surface area contributed by atoms with E-state index in [4.69, 9.17) is 4.74 Å². The minimum Gasteiger partial charge on any atom is -0.354 e. The lowest BCUT2D eigenvalue weighted by Crippen LogP contribution is -2.35. The second-order valence-electron chi connectivity index (χ2n) is 6.74. The van der Waals surface area contributed by atoms with Crippen molar-refractivity contribution in [3.05, 3.63) is 66.2 Å². The second-order valence-corrected chi connectivity index (χ2v) is 6.74. The highest BCUT2D eigenvalue weighted by Gasteiger charge is 2.39. The van der Waals surface area contributed by atoms with Crippen molar-refractivity contribution < 1.29 is 22.7 Å². The fourth-order valence-corrected chi connectivity index (χ4v) is 2.67. The predicted molar refractivity (Wildman–Crippen MR) is 111 cm³/mol. The molecule has 0 radical (unpaired) electrons. The Morgan fingerprint density at radius 2 is 1.57 bits per heavy atom. The summed E-state index contributed by atoms with van der Waals surface area (Å²) in [6.07, 6.45) is -5.03. The summed E-state index contributed by atoms with van der Waals surface area (Å²) in [5, 5.41) is 8.09. The van der Waals surface area contributed by atoms with Crippen LogP contribution in [0, 0.1) is 0 Å². The molecule has 0 fully saturated rings. The third kappa shape index (κ3) is 6.52. The van der Waals surface area contributed by atoms with Crippen LogP contribution < -0.4 is 4.90 Å². The van der Waals surface area contributed by atoms with E-state index < -0.39 is 17.5 Å². The molecule has 1 unspecified atom stereocenters. The first-order valence-electron chi connectivity index (χ1n) is 9.37. The lowest BCUT2D eigenvalue weighted by molar-refractivity contribution is -0.0885. The van der Waals surface area contributed by atoms with Crippen LogP contribution >= 0.6 is 0 Å². The lowest BCUT2D eigenvalue weighted by atomic mass is 10.1. The van der Waals surface area contributed by atoms with E-state index in [0.717, 1.165) is 29.9 Å². The van der Waals surface area contributed by atoms with E-state index in [1.807, 2.05) is 32.9 Å². The topological polar surface area (TPSA) is 54.3 Å². The van der Waals surface area contributed by atoms with Crippen molar-refractivity contribution in [3.8, 4) is 0 Å². The molecule has 0 aromatic heterocycles. The van der Waals surface area contributed by atoms with Crippen LogP contribution in [0.1, 0.15) is 31.1 Å². The summed E-state index contributed by atoms with van der Waals surface area (Å²) in [7, 11) is 0. The molecular formula is C22H24F3N3O2. The van der Waals surface area contributed by atoms with Gasteiger partial charge in [0.25, 0.3) is 5.78 Å². The fourth-order valence-electron chi connectivity index (χ4n) is 2.67. The quantitative estimate of drug-likeness (QED) is 0.199. The van der Waals surface area contributed by atoms with Gasteiger partial charge < -0.3 is 9.64 Å². The molecule has 2 aromatic carbocycles. The summed E-state index contributed by atoms with van der Waals surface area (Å²) < 4.78 is 43.1. The maximum atomic E-state index is 12.4. The molecule has 160 valence electrons. The molecule has 30 heavy (non-hydrogen) atoms. The SMILES string of the molecule is C=C(C)COC(C)N(CC)c1ccc(N=Nc2ccc(C(=O)C(F)(F)F)cc2)cc1. The highest BCUT2D eigenvalue weighted by Crippen LogP contribution is 2.26. The van der Waals surface area contributed by atoms with Gasteiger partial charge in [-0.1, -0.05) is 12.2 Å². The Kier molecular flexibility index (Phi) is 7.88. The number of hydrogen-bond donors (Lipinski definition) is 0. The number of ketones is 1. The highest BCUT2D eigenvalue weighted by molar-refractivity contribution is 6.00. The Morgan fingerprint density at radius 3 is 2.00 bits per heavy atom. The van der Waals surface area contributed by atoms with Gasteiger partial charge in [-0.25, -0.2) is 0 Å². The van der Waals surface area contributed by atoms with Gasteiger partial charge in [-0.05, 0) is 69.3 Å². The van der Waals surface area contributed by atoms with Crippen molar-refractivity contribution in [3.63, 3.8) is 0 Å². The molecule has 2 rings (SSSR count). The third-order valence-electron chi connectivity index (χ3n) is 4.20. The molecule has 0 saturated carbocycles. The fraction of sp³-hybridized carbons (Fsp3) is 0.318. The molecule has 1 atom stereocenters. The van der Waals surface area contributed by atoms with Crippen LogP contribution in [0.25, 0.3) is 0 Å². The van der Waals surface area contributed by atoms with E-state index in [1.165, 1.54) is 12.1 Å². The Balaban J connectivity index is 2.05. The van der Waals surface area contributed by atoms with E-state index in [-0.39, 0.29) is 6.23 Å². The molecule has 0 saturated heterocycles. The number of rotatable bonds is 9. The van der Waals surface area contributed by atoms with Crippen molar-refractivity contribution in [1.82, 2.24) is 0 Å². The molecule has 2 aromatic rings. The van der Waals surface area contributed by atoms with E-state index >= 15 is 0 Å². The van der Waals surface area contributed by atoms with E-state index in [9.17, 15) is 18.0 Å². The molecule has 8 heteroatoms.